The number of aromatic nitrogens is 2. The number of nitrogens with two attached hydrogens (primary N) is 1. The number of carbonyl (C=O) groups is 2. The summed E-state index contributed by atoms with van der Waals surface area (Å²) in [6.07, 6.45) is 4.17. The molecule has 1 aliphatic rings. The fourth-order valence-corrected chi connectivity index (χ4v) is 5.43. The molecule has 1 aromatic heterocycles. The topological polar surface area (TPSA) is 116 Å². The molecule has 1 aliphatic heterocycles. The third kappa shape index (κ3) is 6.64. The predicted octanol–water partition coefficient (Wildman–Crippen LogP) is 6.18. The molecule has 10 heteroatoms. The molecular formula is C30H32Cl2N6O2. The van der Waals surface area contributed by atoms with E-state index in [4.69, 9.17) is 28.9 Å². The van der Waals surface area contributed by atoms with Crippen molar-refractivity contribution >= 4 is 57.4 Å². The molecule has 4 aromatic rings. The first kappa shape index (κ1) is 28.1. The summed E-state index contributed by atoms with van der Waals surface area (Å²) in [6, 6.07) is 18.2. The number of H-pyrrole nitrogens is 1. The Kier molecular flexibility index (Phi) is 9.01. The largest absolute Gasteiger partial charge is 0.330 e. The molecule has 1 atom stereocenters. The van der Waals surface area contributed by atoms with Crippen LogP contribution in [0.4, 0.5) is 11.5 Å². The van der Waals surface area contributed by atoms with Crippen LogP contribution < -0.4 is 16.4 Å². The Morgan fingerprint density at radius 1 is 0.975 bits per heavy atom. The third-order valence-corrected chi connectivity index (χ3v) is 7.96. The molecule has 8 nitrogen and oxygen atoms in total. The molecule has 2 heterocycles. The van der Waals surface area contributed by atoms with Crippen molar-refractivity contribution < 1.29 is 9.59 Å². The van der Waals surface area contributed by atoms with E-state index < -0.39 is 5.92 Å². The second-order valence-corrected chi connectivity index (χ2v) is 10.9. The highest BCUT2D eigenvalue weighted by molar-refractivity contribution is 6.42. The van der Waals surface area contributed by atoms with E-state index in [9.17, 15) is 9.59 Å². The quantitative estimate of drug-likeness (QED) is 0.189. The fourth-order valence-electron chi connectivity index (χ4n) is 5.13. The zero-order valence-electron chi connectivity index (χ0n) is 22.1. The van der Waals surface area contributed by atoms with Crippen LogP contribution in [-0.2, 0) is 11.3 Å². The van der Waals surface area contributed by atoms with E-state index >= 15 is 0 Å². The smallest absolute Gasteiger partial charge is 0.256 e. The van der Waals surface area contributed by atoms with Crippen molar-refractivity contribution in [2.24, 2.45) is 5.73 Å². The zero-order valence-corrected chi connectivity index (χ0v) is 23.6. The van der Waals surface area contributed by atoms with E-state index in [1.54, 1.807) is 36.4 Å². The Bertz CT molecular complexity index is 1520. The zero-order chi connectivity index (χ0) is 28.1. The number of nitrogens with zero attached hydrogens (tertiary/aromatic N) is 2. The second-order valence-electron chi connectivity index (χ2n) is 10.1. The SMILES string of the molecule is NCCC(C(=O)Nc1ccc2[nH]nc(NC(=O)c3cccc(CN4CCCCC4)c3)c2c1)c1ccc(Cl)c(Cl)c1. The number of hydrogen-bond donors (Lipinski definition) is 4. The lowest BCUT2D eigenvalue weighted by molar-refractivity contribution is -0.117. The van der Waals surface area contributed by atoms with Gasteiger partial charge in [0.25, 0.3) is 5.91 Å². The summed E-state index contributed by atoms with van der Waals surface area (Å²) in [4.78, 5) is 28.8. The standard InChI is InChI=1S/C30H32Cl2N6O2/c31-25-9-7-20(16-26(25)32)23(11-12-33)30(40)34-22-8-10-27-24(17-22)28(37-36-27)35-29(39)21-6-4-5-19(15-21)18-38-13-2-1-3-14-38/h4-10,15-17,23H,1-3,11-14,18,33H2,(H,34,40)(H2,35,36,37,39). The number of carbonyl (C=O) groups excluding carboxylic acids is 2. The van der Waals surface area contributed by atoms with Gasteiger partial charge >= 0.3 is 0 Å². The molecule has 40 heavy (non-hydrogen) atoms. The highest BCUT2D eigenvalue weighted by Gasteiger charge is 2.22. The van der Waals surface area contributed by atoms with Crippen LogP contribution in [0.15, 0.2) is 60.7 Å². The van der Waals surface area contributed by atoms with Gasteiger partial charge in [0.15, 0.2) is 5.82 Å². The number of halogens is 2. The minimum atomic E-state index is -0.504. The maximum Gasteiger partial charge on any atom is 0.256 e. The van der Waals surface area contributed by atoms with Crippen molar-refractivity contribution in [2.45, 2.75) is 38.1 Å². The van der Waals surface area contributed by atoms with Gasteiger partial charge in [-0.05, 0) is 92.5 Å². The van der Waals surface area contributed by atoms with Crippen LogP contribution in [0.1, 0.15) is 53.1 Å². The number of likely N-dealkylation sites (tertiary alicyclic amines) is 1. The molecule has 5 rings (SSSR count). The number of piperidine rings is 1. The van der Waals surface area contributed by atoms with Crippen molar-refractivity contribution in [3.63, 3.8) is 0 Å². The third-order valence-electron chi connectivity index (χ3n) is 7.22. The monoisotopic (exact) mass is 578 g/mol. The highest BCUT2D eigenvalue weighted by Crippen LogP contribution is 2.30. The number of aromatic amines is 1. The predicted molar refractivity (Wildman–Crippen MR) is 161 cm³/mol. The van der Waals surface area contributed by atoms with Crippen molar-refractivity contribution in [1.82, 2.24) is 15.1 Å². The van der Waals surface area contributed by atoms with E-state index in [1.807, 2.05) is 18.2 Å². The summed E-state index contributed by atoms with van der Waals surface area (Å²) in [5, 5.41) is 14.6. The van der Waals surface area contributed by atoms with Crippen molar-refractivity contribution in [3.05, 3.63) is 87.4 Å². The summed E-state index contributed by atoms with van der Waals surface area (Å²) in [7, 11) is 0. The number of fused-ring (bicyclic) bond motifs is 1. The van der Waals surface area contributed by atoms with Gasteiger partial charge in [0.1, 0.15) is 0 Å². The molecule has 2 amide bonds. The molecule has 0 spiro atoms. The van der Waals surface area contributed by atoms with Crippen LogP contribution in [0.5, 0.6) is 0 Å². The molecule has 5 N–H and O–H groups in total. The Morgan fingerprint density at radius 3 is 2.58 bits per heavy atom. The second kappa shape index (κ2) is 12.8. The van der Waals surface area contributed by atoms with Gasteiger partial charge in [0, 0.05) is 23.2 Å². The van der Waals surface area contributed by atoms with Gasteiger partial charge in [-0.3, -0.25) is 19.6 Å². The Morgan fingerprint density at radius 2 is 1.80 bits per heavy atom. The number of rotatable bonds is 9. The summed E-state index contributed by atoms with van der Waals surface area (Å²) in [5.74, 6) is -0.578. The average molecular weight is 580 g/mol. The van der Waals surface area contributed by atoms with Gasteiger partial charge in [-0.15, -0.1) is 0 Å². The van der Waals surface area contributed by atoms with E-state index in [2.05, 4.69) is 31.8 Å². The van der Waals surface area contributed by atoms with Crippen LogP contribution in [0.3, 0.4) is 0 Å². The number of anilines is 2. The molecule has 0 radical (unpaired) electrons. The van der Waals surface area contributed by atoms with Crippen molar-refractivity contribution in [3.8, 4) is 0 Å². The Labute approximate surface area is 243 Å². The number of nitrogens with one attached hydrogen (secondary N) is 3. The number of benzene rings is 3. The summed E-state index contributed by atoms with van der Waals surface area (Å²) < 4.78 is 0. The van der Waals surface area contributed by atoms with E-state index in [0.717, 1.165) is 36.3 Å². The summed E-state index contributed by atoms with van der Waals surface area (Å²) >= 11 is 12.2. The molecule has 3 aromatic carbocycles. The van der Waals surface area contributed by atoms with Crippen LogP contribution in [0, 0.1) is 0 Å². The maximum absolute atomic E-state index is 13.3. The number of hydrogen-bond acceptors (Lipinski definition) is 5. The molecule has 1 fully saturated rings. The lowest BCUT2D eigenvalue weighted by Gasteiger charge is -2.26. The van der Waals surface area contributed by atoms with E-state index in [1.165, 1.54) is 19.3 Å². The van der Waals surface area contributed by atoms with Gasteiger partial charge < -0.3 is 16.4 Å². The normalized spacial score (nSPS) is 14.7. The Hall–Kier alpha value is -3.43. The Balaban J connectivity index is 1.30. The van der Waals surface area contributed by atoms with Crippen molar-refractivity contribution in [2.75, 3.05) is 30.3 Å². The van der Waals surface area contributed by atoms with Gasteiger partial charge in [-0.1, -0.05) is 47.8 Å². The minimum absolute atomic E-state index is 0.220. The van der Waals surface area contributed by atoms with Gasteiger partial charge in [0.2, 0.25) is 5.91 Å². The average Bonchev–Trinajstić information content (AvgIpc) is 3.35. The summed E-state index contributed by atoms with van der Waals surface area (Å²) in [6.45, 7) is 3.35. The molecule has 0 bridgehead atoms. The lowest BCUT2D eigenvalue weighted by atomic mass is 9.94. The highest BCUT2D eigenvalue weighted by atomic mass is 35.5. The molecule has 208 valence electrons. The van der Waals surface area contributed by atoms with E-state index in [0.29, 0.717) is 45.5 Å². The van der Waals surface area contributed by atoms with Gasteiger partial charge in [0.05, 0.1) is 21.5 Å². The first-order valence-corrected chi connectivity index (χ1v) is 14.2. The summed E-state index contributed by atoms with van der Waals surface area (Å²) in [5.41, 5.74) is 9.52. The molecular weight excluding hydrogens is 547 g/mol. The minimum Gasteiger partial charge on any atom is -0.330 e. The first-order valence-electron chi connectivity index (χ1n) is 13.5. The molecule has 0 aliphatic carbocycles. The maximum atomic E-state index is 13.3. The van der Waals surface area contributed by atoms with Crippen LogP contribution in [0.25, 0.3) is 10.9 Å². The first-order chi connectivity index (χ1) is 19.4. The van der Waals surface area contributed by atoms with Gasteiger partial charge in [-0.25, -0.2) is 0 Å². The van der Waals surface area contributed by atoms with Gasteiger partial charge in [-0.2, -0.15) is 5.10 Å². The van der Waals surface area contributed by atoms with Crippen LogP contribution >= 0.6 is 23.2 Å². The molecule has 0 saturated carbocycles. The van der Waals surface area contributed by atoms with Crippen molar-refractivity contribution in [1.29, 1.82) is 0 Å². The molecule has 1 unspecified atom stereocenters. The lowest BCUT2D eigenvalue weighted by Crippen LogP contribution is -2.29. The fraction of sp³-hybridized carbons (Fsp3) is 0.300. The molecule has 1 saturated heterocycles. The number of amides is 2. The van der Waals surface area contributed by atoms with Crippen LogP contribution in [-0.4, -0.2) is 46.5 Å². The van der Waals surface area contributed by atoms with Crippen LogP contribution in [0.2, 0.25) is 10.0 Å². The van der Waals surface area contributed by atoms with E-state index in [-0.39, 0.29) is 11.8 Å².